The monoisotopic (exact) mass is 332 g/mol. The van der Waals surface area contributed by atoms with Crippen LogP contribution < -0.4 is 9.47 Å². The topological polar surface area (TPSA) is 88.4 Å². The van der Waals surface area contributed by atoms with E-state index in [1.165, 1.54) is 0 Å². The van der Waals surface area contributed by atoms with E-state index in [1.54, 1.807) is 19.2 Å². The average molecular weight is 332 g/mol. The van der Waals surface area contributed by atoms with E-state index in [0.717, 1.165) is 16.9 Å². The van der Waals surface area contributed by atoms with Crippen molar-refractivity contribution in [2.24, 2.45) is 0 Å². The lowest BCUT2D eigenvalue weighted by Crippen LogP contribution is -2.54. The second-order valence-corrected chi connectivity index (χ2v) is 5.59. The predicted molar refractivity (Wildman–Crippen MR) is 86.8 cm³/mol. The number of aliphatic hydroxyl groups excluding tert-OH is 3. The minimum absolute atomic E-state index is 0.0950. The zero-order chi connectivity index (χ0) is 17.1. The van der Waals surface area contributed by atoms with Crippen molar-refractivity contribution in [3.63, 3.8) is 0 Å². The Balaban J connectivity index is 1.73. The molecule has 0 radical (unpaired) electrons. The van der Waals surface area contributed by atoms with Crippen LogP contribution in [0.25, 0.3) is 11.1 Å². The molecule has 1 saturated heterocycles. The van der Waals surface area contributed by atoms with Crippen molar-refractivity contribution in [3.05, 3.63) is 48.5 Å². The molecule has 1 aliphatic heterocycles. The van der Waals surface area contributed by atoms with Crippen molar-refractivity contribution in [2.45, 2.75) is 24.6 Å². The van der Waals surface area contributed by atoms with E-state index in [9.17, 15) is 15.3 Å². The van der Waals surface area contributed by atoms with Crippen molar-refractivity contribution < 1.29 is 29.5 Å². The Morgan fingerprint density at radius 3 is 2.38 bits per heavy atom. The van der Waals surface area contributed by atoms with Gasteiger partial charge in [0.05, 0.1) is 13.7 Å². The Morgan fingerprint density at radius 1 is 0.958 bits per heavy atom. The molecule has 2 aromatic rings. The standard InChI is InChI=1S/C18H20O6/c1-22-15-5-3-2-4-13(15)11-6-8-12(9-7-11)24-18-17(21)16(20)14(19)10-23-18/h2-9,14,16-21H,10H2,1H3. The van der Waals surface area contributed by atoms with E-state index in [1.807, 2.05) is 36.4 Å². The fraction of sp³-hybridized carbons (Fsp3) is 0.333. The molecule has 3 rings (SSSR count). The van der Waals surface area contributed by atoms with Crippen LogP contribution in [0.1, 0.15) is 0 Å². The summed E-state index contributed by atoms with van der Waals surface area (Å²) in [7, 11) is 1.62. The van der Waals surface area contributed by atoms with E-state index < -0.39 is 24.6 Å². The number of hydrogen-bond acceptors (Lipinski definition) is 6. The lowest BCUT2D eigenvalue weighted by molar-refractivity contribution is -0.242. The highest BCUT2D eigenvalue weighted by molar-refractivity contribution is 5.70. The molecule has 0 spiro atoms. The first kappa shape index (κ1) is 16.7. The normalized spacial score (nSPS) is 26.8. The molecule has 0 saturated carbocycles. The Hall–Kier alpha value is -2.12. The molecule has 4 atom stereocenters. The summed E-state index contributed by atoms with van der Waals surface area (Å²) in [5.74, 6) is 1.26. The van der Waals surface area contributed by atoms with Crippen LogP contribution in [0.3, 0.4) is 0 Å². The first-order chi connectivity index (χ1) is 11.6. The summed E-state index contributed by atoms with van der Waals surface area (Å²) in [5.41, 5.74) is 1.92. The van der Waals surface area contributed by atoms with Crippen molar-refractivity contribution in [1.82, 2.24) is 0 Å². The van der Waals surface area contributed by atoms with E-state index in [2.05, 4.69) is 0 Å². The van der Waals surface area contributed by atoms with Gasteiger partial charge >= 0.3 is 0 Å². The second kappa shape index (κ2) is 7.19. The largest absolute Gasteiger partial charge is 0.496 e. The third kappa shape index (κ3) is 3.37. The summed E-state index contributed by atoms with van der Waals surface area (Å²) >= 11 is 0. The van der Waals surface area contributed by atoms with E-state index >= 15 is 0 Å². The highest BCUT2D eigenvalue weighted by Gasteiger charge is 2.38. The third-order valence-electron chi connectivity index (χ3n) is 3.98. The molecular weight excluding hydrogens is 312 g/mol. The SMILES string of the molecule is COc1ccccc1-c1ccc(OC2OCC(O)C(O)C2O)cc1. The smallest absolute Gasteiger partial charge is 0.228 e. The minimum Gasteiger partial charge on any atom is -0.496 e. The van der Waals surface area contributed by atoms with Gasteiger partial charge in [0.15, 0.2) is 0 Å². The average Bonchev–Trinajstić information content (AvgIpc) is 2.63. The highest BCUT2D eigenvalue weighted by atomic mass is 16.7. The Labute approximate surface area is 139 Å². The summed E-state index contributed by atoms with van der Waals surface area (Å²) in [5, 5.41) is 29.0. The Bertz CT molecular complexity index is 671. The zero-order valence-electron chi connectivity index (χ0n) is 13.2. The molecule has 0 aliphatic carbocycles. The summed E-state index contributed by atoms with van der Waals surface area (Å²) < 4.78 is 16.1. The van der Waals surface area contributed by atoms with Crippen LogP contribution in [0, 0.1) is 0 Å². The van der Waals surface area contributed by atoms with Crippen LogP contribution in [0.15, 0.2) is 48.5 Å². The van der Waals surface area contributed by atoms with E-state index in [-0.39, 0.29) is 6.61 Å². The van der Waals surface area contributed by atoms with Crippen molar-refractivity contribution in [1.29, 1.82) is 0 Å². The number of para-hydroxylation sites is 1. The summed E-state index contributed by atoms with van der Waals surface area (Å²) in [6.45, 7) is -0.0950. The number of rotatable bonds is 4. The van der Waals surface area contributed by atoms with Gasteiger partial charge in [-0.3, -0.25) is 0 Å². The second-order valence-electron chi connectivity index (χ2n) is 5.59. The Kier molecular flexibility index (Phi) is 5.01. The van der Waals surface area contributed by atoms with Gasteiger partial charge in [-0.2, -0.15) is 0 Å². The van der Waals surface area contributed by atoms with E-state index in [4.69, 9.17) is 14.2 Å². The predicted octanol–water partition coefficient (Wildman–Crippen LogP) is 1.18. The molecule has 128 valence electrons. The molecule has 3 N–H and O–H groups in total. The molecule has 6 heteroatoms. The van der Waals surface area contributed by atoms with Gasteiger partial charge in [0.25, 0.3) is 0 Å². The number of ether oxygens (including phenoxy) is 3. The van der Waals surface area contributed by atoms with Gasteiger partial charge in [-0.1, -0.05) is 30.3 Å². The molecule has 0 bridgehead atoms. The molecule has 24 heavy (non-hydrogen) atoms. The minimum atomic E-state index is -1.32. The highest BCUT2D eigenvalue weighted by Crippen LogP contribution is 2.31. The fourth-order valence-corrected chi connectivity index (χ4v) is 2.61. The number of aliphatic hydroxyl groups is 3. The fourth-order valence-electron chi connectivity index (χ4n) is 2.61. The zero-order valence-corrected chi connectivity index (χ0v) is 13.2. The molecule has 1 aliphatic rings. The third-order valence-corrected chi connectivity index (χ3v) is 3.98. The van der Waals surface area contributed by atoms with Crippen LogP contribution >= 0.6 is 0 Å². The van der Waals surface area contributed by atoms with Gasteiger partial charge < -0.3 is 29.5 Å². The van der Waals surface area contributed by atoms with Crippen molar-refractivity contribution >= 4 is 0 Å². The first-order valence-corrected chi connectivity index (χ1v) is 7.66. The molecule has 4 unspecified atom stereocenters. The molecule has 1 heterocycles. The molecular formula is C18H20O6. The lowest BCUT2D eigenvalue weighted by atomic mass is 10.0. The van der Waals surface area contributed by atoms with Gasteiger partial charge in [-0.05, 0) is 23.8 Å². The van der Waals surface area contributed by atoms with Crippen LogP contribution in [-0.2, 0) is 4.74 Å². The van der Waals surface area contributed by atoms with E-state index in [0.29, 0.717) is 5.75 Å². The van der Waals surface area contributed by atoms with Crippen LogP contribution in [0.5, 0.6) is 11.5 Å². The van der Waals surface area contributed by atoms with Crippen LogP contribution in [0.4, 0.5) is 0 Å². The number of benzene rings is 2. The molecule has 2 aromatic carbocycles. The molecule has 0 aromatic heterocycles. The van der Waals surface area contributed by atoms with Gasteiger partial charge in [-0.15, -0.1) is 0 Å². The van der Waals surface area contributed by atoms with Gasteiger partial charge in [0.2, 0.25) is 6.29 Å². The quantitative estimate of drug-likeness (QED) is 0.779. The summed E-state index contributed by atoms with van der Waals surface area (Å²) in [4.78, 5) is 0. The van der Waals surface area contributed by atoms with Gasteiger partial charge in [0, 0.05) is 5.56 Å². The van der Waals surface area contributed by atoms with Crippen LogP contribution in [0.2, 0.25) is 0 Å². The maximum Gasteiger partial charge on any atom is 0.228 e. The molecule has 6 nitrogen and oxygen atoms in total. The first-order valence-electron chi connectivity index (χ1n) is 7.66. The van der Waals surface area contributed by atoms with Crippen LogP contribution in [-0.4, -0.2) is 53.6 Å². The summed E-state index contributed by atoms with van der Waals surface area (Å²) in [6.07, 6.45) is -4.76. The van der Waals surface area contributed by atoms with Crippen molar-refractivity contribution in [3.8, 4) is 22.6 Å². The summed E-state index contributed by atoms with van der Waals surface area (Å²) in [6, 6.07) is 14.9. The maximum absolute atomic E-state index is 9.89. The maximum atomic E-state index is 9.89. The van der Waals surface area contributed by atoms with Gasteiger partial charge in [0.1, 0.15) is 29.8 Å². The van der Waals surface area contributed by atoms with Gasteiger partial charge in [-0.25, -0.2) is 0 Å². The molecule has 0 amide bonds. The number of hydrogen-bond donors (Lipinski definition) is 3. The Morgan fingerprint density at radius 2 is 1.67 bits per heavy atom. The van der Waals surface area contributed by atoms with Crippen molar-refractivity contribution in [2.75, 3.05) is 13.7 Å². The number of methoxy groups -OCH3 is 1. The molecule has 1 fully saturated rings. The lowest BCUT2D eigenvalue weighted by Gasteiger charge is -2.34.